The number of carbonyl (C=O) groups excluding carboxylic acids is 3. The van der Waals surface area contributed by atoms with E-state index in [0.29, 0.717) is 19.3 Å². The lowest BCUT2D eigenvalue weighted by Crippen LogP contribution is -2.30. The van der Waals surface area contributed by atoms with E-state index in [9.17, 15) is 14.4 Å². The molecule has 0 aromatic heterocycles. The molecule has 6 heteroatoms. The van der Waals surface area contributed by atoms with Crippen molar-refractivity contribution in [1.29, 1.82) is 0 Å². The highest BCUT2D eigenvalue weighted by atomic mass is 16.6. The predicted octanol–water partition coefficient (Wildman–Crippen LogP) is 18.1. The quantitative estimate of drug-likeness (QED) is 0.0344. The second kappa shape index (κ2) is 48.9. The number of carbonyl (C=O) groups is 3. The summed E-state index contributed by atoms with van der Waals surface area (Å²) in [7, 11) is 0. The van der Waals surface area contributed by atoms with Crippen LogP contribution in [0.5, 0.6) is 0 Å². The van der Waals surface area contributed by atoms with E-state index < -0.39 is 6.10 Å². The molecular weight excluding hydrogens is 769 g/mol. The number of rotatable bonds is 50. The molecule has 0 rings (SSSR count). The molecular formula is C56H108O6. The summed E-state index contributed by atoms with van der Waals surface area (Å²) in [4.78, 5) is 38.0. The van der Waals surface area contributed by atoms with Crippen LogP contribution in [0.25, 0.3) is 0 Å². The van der Waals surface area contributed by atoms with Gasteiger partial charge in [0.2, 0.25) is 0 Å². The second-order valence-corrected chi connectivity index (χ2v) is 19.9. The lowest BCUT2D eigenvalue weighted by atomic mass is 9.99. The first-order chi connectivity index (χ1) is 30.3. The third kappa shape index (κ3) is 47.9. The minimum Gasteiger partial charge on any atom is -0.462 e. The molecule has 1 unspecified atom stereocenters. The summed E-state index contributed by atoms with van der Waals surface area (Å²) in [5, 5.41) is 0. The topological polar surface area (TPSA) is 78.9 Å². The van der Waals surface area contributed by atoms with E-state index in [0.717, 1.165) is 69.6 Å². The Morgan fingerprint density at radius 2 is 0.613 bits per heavy atom. The fourth-order valence-electron chi connectivity index (χ4n) is 8.49. The first-order valence-corrected chi connectivity index (χ1v) is 27.8. The van der Waals surface area contributed by atoms with Crippen molar-refractivity contribution in [2.45, 2.75) is 317 Å². The van der Waals surface area contributed by atoms with Gasteiger partial charge < -0.3 is 14.2 Å². The van der Waals surface area contributed by atoms with Crippen LogP contribution in [0, 0.1) is 11.8 Å². The highest BCUT2D eigenvalue weighted by Gasteiger charge is 2.19. The van der Waals surface area contributed by atoms with Gasteiger partial charge in [0, 0.05) is 19.3 Å². The summed E-state index contributed by atoms with van der Waals surface area (Å²) < 4.78 is 16.8. The highest BCUT2D eigenvalue weighted by molar-refractivity contribution is 5.71. The standard InChI is InChI=1S/C56H108O6/c1-6-8-9-10-11-12-13-14-15-16-17-21-24-27-30-36-41-46-54(57)60-49-53(50-61-55(58)47-42-37-33-32-34-39-44-51(3)4)62-56(59)48-43-38-31-28-25-22-19-18-20-23-26-29-35-40-45-52(5)7-2/h51-53H,6-50H2,1-5H3/t52?,53-/m1/s1. The fourth-order valence-corrected chi connectivity index (χ4v) is 8.49. The number of esters is 3. The average molecular weight is 877 g/mol. The van der Waals surface area contributed by atoms with E-state index in [-0.39, 0.29) is 31.1 Å². The molecule has 0 fully saturated rings. The zero-order valence-corrected chi connectivity index (χ0v) is 42.5. The first-order valence-electron chi connectivity index (χ1n) is 27.8. The minimum absolute atomic E-state index is 0.0639. The van der Waals surface area contributed by atoms with Gasteiger partial charge in [0.05, 0.1) is 0 Å². The summed E-state index contributed by atoms with van der Waals surface area (Å²) in [5.41, 5.74) is 0. The Morgan fingerprint density at radius 1 is 0.339 bits per heavy atom. The summed E-state index contributed by atoms with van der Waals surface area (Å²) in [6.45, 7) is 11.4. The van der Waals surface area contributed by atoms with Crippen LogP contribution in [0.3, 0.4) is 0 Å². The van der Waals surface area contributed by atoms with Crippen LogP contribution in [0.2, 0.25) is 0 Å². The van der Waals surface area contributed by atoms with Gasteiger partial charge >= 0.3 is 17.9 Å². The molecule has 0 bridgehead atoms. The average Bonchev–Trinajstić information content (AvgIpc) is 3.26. The molecule has 0 aliphatic rings. The molecule has 0 saturated carbocycles. The molecule has 0 heterocycles. The Hall–Kier alpha value is -1.59. The molecule has 0 N–H and O–H groups in total. The Morgan fingerprint density at radius 3 is 0.919 bits per heavy atom. The minimum atomic E-state index is -0.762. The third-order valence-electron chi connectivity index (χ3n) is 13.1. The largest absolute Gasteiger partial charge is 0.462 e. The van der Waals surface area contributed by atoms with Crippen LogP contribution in [-0.4, -0.2) is 37.2 Å². The lowest BCUT2D eigenvalue weighted by molar-refractivity contribution is -0.167. The smallest absolute Gasteiger partial charge is 0.306 e. The van der Waals surface area contributed by atoms with E-state index >= 15 is 0 Å². The van der Waals surface area contributed by atoms with Crippen molar-refractivity contribution < 1.29 is 28.6 Å². The number of hydrogen-bond acceptors (Lipinski definition) is 6. The Bertz CT molecular complexity index is 949. The van der Waals surface area contributed by atoms with E-state index in [2.05, 4.69) is 34.6 Å². The maximum Gasteiger partial charge on any atom is 0.306 e. The van der Waals surface area contributed by atoms with Crippen LogP contribution in [-0.2, 0) is 28.6 Å². The molecule has 0 spiro atoms. The normalized spacial score (nSPS) is 12.5. The van der Waals surface area contributed by atoms with E-state index in [1.807, 2.05) is 0 Å². The maximum atomic E-state index is 12.8. The Balaban J connectivity index is 4.24. The monoisotopic (exact) mass is 877 g/mol. The molecule has 0 amide bonds. The van der Waals surface area contributed by atoms with E-state index in [1.54, 1.807) is 0 Å². The summed E-state index contributed by atoms with van der Waals surface area (Å²) in [6.07, 6.45) is 51.0. The molecule has 0 aliphatic heterocycles. The summed E-state index contributed by atoms with van der Waals surface area (Å²) in [5.74, 6) is 0.809. The van der Waals surface area contributed by atoms with Gasteiger partial charge in [-0.1, -0.05) is 272 Å². The van der Waals surface area contributed by atoms with Gasteiger partial charge in [0.15, 0.2) is 6.10 Å². The number of hydrogen-bond donors (Lipinski definition) is 0. The van der Waals surface area contributed by atoms with Crippen LogP contribution in [0.4, 0.5) is 0 Å². The second-order valence-electron chi connectivity index (χ2n) is 19.9. The van der Waals surface area contributed by atoms with Crippen molar-refractivity contribution in [3.05, 3.63) is 0 Å². The van der Waals surface area contributed by atoms with Gasteiger partial charge in [-0.05, 0) is 31.1 Å². The molecule has 368 valence electrons. The zero-order chi connectivity index (χ0) is 45.4. The summed E-state index contributed by atoms with van der Waals surface area (Å²) in [6, 6.07) is 0. The van der Waals surface area contributed by atoms with Crippen LogP contribution < -0.4 is 0 Å². The van der Waals surface area contributed by atoms with Gasteiger partial charge in [0.25, 0.3) is 0 Å². The predicted molar refractivity (Wildman–Crippen MR) is 266 cm³/mol. The SMILES string of the molecule is CCCCCCCCCCCCCCCCCCCC(=O)OC[C@H](COC(=O)CCCCCCCCC(C)C)OC(=O)CCCCCCCCCCCCCCCCC(C)CC. The van der Waals surface area contributed by atoms with Crippen molar-refractivity contribution in [1.82, 2.24) is 0 Å². The van der Waals surface area contributed by atoms with Crippen LogP contribution >= 0.6 is 0 Å². The molecule has 0 aliphatic carbocycles. The molecule has 2 atom stereocenters. The van der Waals surface area contributed by atoms with Crippen LogP contribution in [0.1, 0.15) is 311 Å². The Labute approximate surface area is 387 Å². The van der Waals surface area contributed by atoms with Crippen molar-refractivity contribution in [2.24, 2.45) is 11.8 Å². The van der Waals surface area contributed by atoms with Crippen molar-refractivity contribution in [3.63, 3.8) is 0 Å². The Kier molecular flexibility index (Phi) is 47.6. The lowest BCUT2D eigenvalue weighted by Gasteiger charge is -2.18. The highest BCUT2D eigenvalue weighted by Crippen LogP contribution is 2.18. The van der Waals surface area contributed by atoms with E-state index in [1.165, 1.54) is 199 Å². The third-order valence-corrected chi connectivity index (χ3v) is 13.1. The molecule has 62 heavy (non-hydrogen) atoms. The zero-order valence-electron chi connectivity index (χ0n) is 42.5. The maximum absolute atomic E-state index is 12.8. The van der Waals surface area contributed by atoms with Crippen LogP contribution in [0.15, 0.2) is 0 Å². The van der Waals surface area contributed by atoms with Gasteiger partial charge in [-0.2, -0.15) is 0 Å². The molecule has 6 nitrogen and oxygen atoms in total. The number of ether oxygens (including phenoxy) is 3. The van der Waals surface area contributed by atoms with Gasteiger partial charge in [-0.15, -0.1) is 0 Å². The van der Waals surface area contributed by atoms with Gasteiger partial charge in [0.1, 0.15) is 13.2 Å². The van der Waals surface area contributed by atoms with Crippen molar-refractivity contribution in [2.75, 3.05) is 13.2 Å². The molecule has 0 aromatic rings. The molecule has 0 saturated heterocycles. The molecule has 0 radical (unpaired) electrons. The summed E-state index contributed by atoms with van der Waals surface area (Å²) >= 11 is 0. The molecule has 0 aromatic carbocycles. The fraction of sp³-hybridized carbons (Fsp3) is 0.946. The first kappa shape index (κ1) is 60.4. The number of unbranched alkanes of at least 4 members (excludes halogenated alkanes) is 34. The van der Waals surface area contributed by atoms with Gasteiger partial charge in [-0.3, -0.25) is 14.4 Å². The van der Waals surface area contributed by atoms with Crippen molar-refractivity contribution in [3.8, 4) is 0 Å². The van der Waals surface area contributed by atoms with Gasteiger partial charge in [-0.25, -0.2) is 0 Å². The van der Waals surface area contributed by atoms with Crippen molar-refractivity contribution >= 4 is 17.9 Å². The van der Waals surface area contributed by atoms with E-state index in [4.69, 9.17) is 14.2 Å².